The van der Waals surface area contributed by atoms with Crippen molar-refractivity contribution in [2.24, 2.45) is 11.7 Å². The molecular formula is C13H19FN2O3S. The molecule has 0 aliphatic heterocycles. The minimum Gasteiger partial charge on any atom is -0.368 e. The van der Waals surface area contributed by atoms with Crippen LogP contribution in [0.4, 0.5) is 4.39 Å². The SMILES string of the molecule is CC[C@H](C)[C@H](NS(=O)(=O)Cc1ccccc1F)C(N)=O. The molecule has 5 nitrogen and oxygen atoms in total. The summed E-state index contributed by atoms with van der Waals surface area (Å²) in [6.45, 7) is 3.55. The second kappa shape index (κ2) is 6.81. The first kappa shape index (κ1) is 16.6. The predicted octanol–water partition coefficient (Wildman–Crippen LogP) is 1.15. The van der Waals surface area contributed by atoms with E-state index in [0.29, 0.717) is 6.42 Å². The Balaban J connectivity index is 2.89. The highest BCUT2D eigenvalue weighted by Crippen LogP contribution is 2.13. The van der Waals surface area contributed by atoms with Gasteiger partial charge in [-0.25, -0.2) is 17.5 Å². The van der Waals surface area contributed by atoms with Crippen molar-refractivity contribution < 1.29 is 17.6 Å². The summed E-state index contributed by atoms with van der Waals surface area (Å²) in [7, 11) is -3.85. The maximum atomic E-state index is 13.5. The standard InChI is InChI=1S/C13H19FN2O3S/c1-3-9(2)12(13(15)17)16-20(18,19)8-10-6-4-5-7-11(10)14/h4-7,9,12,16H,3,8H2,1-2H3,(H2,15,17)/t9-,12-/m0/s1. The Hall–Kier alpha value is -1.47. The molecule has 0 radical (unpaired) electrons. The smallest absolute Gasteiger partial charge is 0.235 e. The maximum absolute atomic E-state index is 13.5. The average molecular weight is 302 g/mol. The molecule has 1 aromatic carbocycles. The summed E-state index contributed by atoms with van der Waals surface area (Å²) in [6.07, 6.45) is 0.593. The number of primary amides is 1. The largest absolute Gasteiger partial charge is 0.368 e. The molecule has 112 valence electrons. The van der Waals surface area contributed by atoms with Crippen LogP contribution in [-0.2, 0) is 20.6 Å². The lowest BCUT2D eigenvalue weighted by Gasteiger charge is -2.21. The Morgan fingerprint density at radius 3 is 2.50 bits per heavy atom. The lowest BCUT2D eigenvalue weighted by molar-refractivity contribution is -0.120. The molecule has 20 heavy (non-hydrogen) atoms. The molecule has 0 aliphatic rings. The summed E-state index contributed by atoms with van der Waals surface area (Å²) in [4.78, 5) is 11.3. The van der Waals surface area contributed by atoms with E-state index < -0.39 is 33.5 Å². The van der Waals surface area contributed by atoms with Crippen LogP contribution in [0.15, 0.2) is 24.3 Å². The molecule has 1 rings (SSSR count). The van der Waals surface area contributed by atoms with E-state index >= 15 is 0 Å². The van der Waals surface area contributed by atoms with Crippen molar-refractivity contribution in [2.75, 3.05) is 0 Å². The van der Waals surface area contributed by atoms with Crippen LogP contribution in [0.25, 0.3) is 0 Å². The zero-order valence-corrected chi connectivity index (χ0v) is 12.3. The van der Waals surface area contributed by atoms with Crippen LogP contribution in [0.5, 0.6) is 0 Å². The second-order valence-corrected chi connectivity index (χ2v) is 6.49. The van der Waals surface area contributed by atoms with Crippen molar-refractivity contribution in [3.63, 3.8) is 0 Å². The number of amides is 1. The zero-order chi connectivity index (χ0) is 15.3. The molecule has 0 saturated carbocycles. The topological polar surface area (TPSA) is 89.3 Å². The van der Waals surface area contributed by atoms with Crippen molar-refractivity contribution in [2.45, 2.75) is 32.1 Å². The summed E-state index contributed by atoms with van der Waals surface area (Å²) in [6, 6.07) is 4.61. The van der Waals surface area contributed by atoms with E-state index in [1.165, 1.54) is 18.2 Å². The Labute approximate surface area is 118 Å². The summed E-state index contributed by atoms with van der Waals surface area (Å²) in [5.41, 5.74) is 5.25. The molecule has 2 atom stereocenters. The van der Waals surface area contributed by atoms with Crippen molar-refractivity contribution in [3.05, 3.63) is 35.6 Å². The number of carbonyl (C=O) groups excluding carboxylic acids is 1. The highest BCUT2D eigenvalue weighted by Gasteiger charge is 2.27. The Morgan fingerprint density at radius 2 is 2.00 bits per heavy atom. The monoisotopic (exact) mass is 302 g/mol. The molecule has 0 bridgehead atoms. The van der Waals surface area contributed by atoms with E-state index in [9.17, 15) is 17.6 Å². The molecule has 7 heteroatoms. The Morgan fingerprint density at radius 1 is 1.40 bits per heavy atom. The first-order valence-corrected chi connectivity index (χ1v) is 7.94. The molecule has 0 unspecified atom stereocenters. The highest BCUT2D eigenvalue weighted by molar-refractivity contribution is 7.88. The van der Waals surface area contributed by atoms with Gasteiger partial charge in [-0.3, -0.25) is 4.79 Å². The minimum atomic E-state index is -3.85. The fourth-order valence-electron chi connectivity index (χ4n) is 1.75. The van der Waals surface area contributed by atoms with Crippen molar-refractivity contribution >= 4 is 15.9 Å². The van der Waals surface area contributed by atoms with Crippen LogP contribution < -0.4 is 10.5 Å². The van der Waals surface area contributed by atoms with Crippen LogP contribution in [-0.4, -0.2) is 20.4 Å². The summed E-state index contributed by atoms with van der Waals surface area (Å²) >= 11 is 0. The van der Waals surface area contributed by atoms with Crippen molar-refractivity contribution in [1.29, 1.82) is 0 Å². The summed E-state index contributed by atoms with van der Waals surface area (Å²) in [5, 5.41) is 0. The third-order valence-corrected chi connectivity index (χ3v) is 4.43. The van der Waals surface area contributed by atoms with Crippen LogP contribution in [0, 0.1) is 11.7 Å². The molecule has 3 N–H and O–H groups in total. The fraction of sp³-hybridized carbons (Fsp3) is 0.462. The number of benzene rings is 1. The van der Waals surface area contributed by atoms with Gasteiger partial charge in [-0.15, -0.1) is 0 Å². The van der Waals surface area contributed by atoms with Gasteiger partial charge in [0.05, 0.1) is 5.75 Å². The van der Waals surface area contributed by atoms with Gasteiger partial charge >= 0.3 is 0 Å². The Bertz CT molecular complexity index is 575. The number of sulfonamides is 1. The van der Waals surface area contributed by atoms with Gasteiger partial charge in [0, 0.05) is 5.56 Å². The van der Waals surface area contributed by atoms with Gasteiger partial charge in [-0.05, 0) is 12.0 Å². The van der Waals surface area contributed by atoms with Crippen molar-refractivity contribution in [1.82, 2.24) is 4.72 Å². The highest BCUT2D eigenvalue weighted by atomic mass is 32.2. The van der Waals surface area contributed by atoms with Gasteiger partial charge in [-0.1, -0.05) is 38.5 Å². The molecule has 0 aliphatic carbocycles. The van der Waals surface area contributed by atoms with E-state index in [1.807, 2.05) is 6.92 Å². The normalized spacial score (nSPS) is 14.8. The molecule has 0 aromatic heterocycles. The Kier molecular flexibility index (Phi) is 5.64. The number of rotatable bonds is 7. The van der Waals surface area contributed by atoms with Gasteiger partial charge in [0.1, 0.15) is 11.9 Å². The number of nitrogens with two attached hydrogens (primary N) is 1. The fourth-order valence-corrected chi connectivity index (χ4v) is 3.21. The van der Waals surface area contributed by atoms with E-state index in [-0.39, 0.29) is 11.5 Å². The van der Waals surface area contributed by atoms with Gasteiger partial charge in [-0.2, -0.15) is 0 Å². The quantitative estimate of drug-likeness (QED) is 0.791. The number of carbonyl (C=O) groups is 1. The van der Waals surface area contributed by atoms with Gasteiger partial charge < -0.3 is 5.73 Å². The summed E-state index contributed by atoms with van der Waals surface area (Å²) in [5.74, 6) is -2.10. The van der Waals surface area contributed by atoms with Gasteiger partial charge in [0.15, 0.2) is 0 Å². The summed E-state index contributed by atoms with van der Waals surface area (Å²) < 4.78 is 39.7. The van der Waals surface area contributed by atoms with E-state index in [2.05, 4.69) is 4.72 Å². The third-order valence-electron chi connectivity index (χ3n) is 3.13. The van der Waals surface area contributed by atoms with E-state index in [1.54, 1.807) is 13.0 Å². The lowest BCUT2D eigenvalue weighted by Crippen LogP contribution is -2.48. The molecule has 0 saturated heterocycles. The first-order valence-electron chi connectivity index (χ1n) is 6.29. The zero-order valence-electron chi connectivity index (χ0n) is 11.5. The first-order chi connectivity index (χ1) is 9.26. The second-order valence-electron chi connectivity index (χ2n) is 4.73. The van der Waals surface area contributed by atoms with Gasteiger partial charge in [0.25, 0.3) is 0 Å². The molecule has 0 spiro atoms. The van der Waals surface area contributed by atoms with E-state index in [4.69, 9.17) is 5.73 Å². The third kappa shape index (κ3) is 4.57. The minimum absolute atomic E-state index is 0.0485. The van der Waals surface area contributed by atoms with Crippen molar-refractivity contribution in [3.8, 4) is 0 Å². The van der Waals surface area contributed by atoms with Crippen LogP contribution in [0.3, 0.4) is 0 Å². The molecule has 1 aromatic rings. The number of halogens is 1. The van der Waals surface area contributed by atoms with Crippen LogP contribution in [0.2, 0.25) is 0 Å². The maximum Gasteiger partial charge on any atom is 0.235 e. The molecule has 1 amide bonds. The van der Waals surface area contributed by atoms with E-state index in [0.717, 1.165) is 0 Å². The number of hydrogen-bond donors (Lipinski definition) is 2. The number of hydrogen-bond acceptors (Lipinski definition) is 3. The van der Waals surface area contributed by atoms with Gasteiger partial charge in [0.2, 0.25) is 15.9 Å². The number of nitrogens with one attached hydrogen (secondary N) is 1. The molecule has 0 fully saturated rings. The molecule has 0 heterocycles. The average Bonchev–Trinajstić information content (AvgIpc) is 2.37. The lowest BCUT2D eigenvalue weighted by atomic mass is 10.00. The molecular weight excluding hydrogens is 283 g/mol. The predicted molar refractivity (Wildman–Crippen MR) is 74.6 cm³/mol. The van der Waals surface area contributed by atoms with Crippen LogP contribution >= 0.6 is 0 Å². The van der Waals surface area contributed by atoms with Crippen LogP contribution in [0.1, 0.15) is 25.8 Å².